The molecule has 1 heterocycles. The number of amides is 1. The molecule has 6 nitrogen and oxygen atoms in total. The molecule has 1 aromatic rings. The van der Waals surface area contributed by atoms with Gasteiger partial charge in [-0.2, -0.15) is 0 Å². The number of hydrogen-bond acceptors (Lipinski definition) is 3. The zero-order chi connectivity index (χ0) is 17.2. The van der Waals surface area contributed by atoms with Crippen LogP contribution in [0.4, 0.5) is 0 Å². The van der Waals surface area contributed by atoms with Crippen LogP contribution in [0.5, 0.6) is 5.75 Å². The summed E-state index contributed by atoms with van der Waals surface area (Å²) < 4.78 is 6.03. The van der Waals surface area contributed by atoms with Crippen LogP contribution in [0.1, 0.15) is 26.7 Å². The Bertz CT molecular complexity index is 531. The van der Waals surface area contributed by atoms with Crippen LogP contribution in [0.15, 0.2) is 35.3 Å². The smallest absolute Gasteiger partial charge is 0.216 e. The SMILES string of the molecule is CCNC(=NCCNC(C)=O)N1CCC(Oc2ccccc2)CC1.I. The third-order valence-electron chi connectivity index (χ3n) is 3.87. The first-order valence-corrected chi connectivity index (χ1v) is 8.68. The van der Waals surface area contributed by atoms with Gasteiger partial charge in [-0.15, -0.1) is 24.0 Å². The van der Waals surface area contributed by atoms with Crippen LogP contribution >= 0.6 is 24.0 Å². The predicted octanol–water partition coefficient (Wildman–Crippen LogP) is 2.25. The number of hydrogen-bond donors (Lipinski definition) is 2. The molecule has 1 aliphatic rings. The van der Waals surface area contributed by atoms with E-state index in [4.69, 9.17) is 4.74 Å². The van der Waals surface area contributed by atoms with Gasteiger partial charge in [0.25, 0.3) is 0 Å². The summed E-state index contributed by atoms with van der Waals surface area (Å²) in [6, 6.07) is 9.99. The summed E-state index contributed by atoms with van der Waals surface area (Å²) in [6.07, 6.45) is 2.21. The minimum Gasteiger partial charge on any atom is -0.490 e. The highest BCUT2D eigenvalue weighted by atomic mass is 127. The summed E-state index contributed by atoms with van der Waals surface area (Å²) in [7, 11) is 0. The second-order valence-corrected chi connectivity index (χ2v) is 5.84. The lowest BCUT2D eigenvalue weighted by Crippen LogP contribution is -2.47. The average Bonchev–Trinajstić information content (AvgIpc) is 2.59. The second-order valence-electron chi connectivity index (χ2n) is 5.84. The van der Waals surface area contributed by atoms with Crippen molar-refractivity contribution in [2.45, 2.75) is 32.8 Å². The van der Waals surface area contributed by atoms with Crippen LogP contribution in [-0.2, 0) is 4.79 Å². The number of halogens is 1. The van der Waals surface area contributed by atoms with Gasteiger partial charge in [0, 0.05) is 45.9 Å². The summed E-state index contributed by atoms with van der Waals surface area (Å²) >= 11 is 0. The number of aliphatic imine (C=N–C) groups is 1. The molecule has 0 saturated carbocycles. The van der Waals surface area contributed by atoms with E-state index in [1.165, 1.54) is 6.92 Å². The van der Waals surface area contributed by atoms with Gasteiger partial charge in [-0.25, -0.2) is 0 Å². The van der Waals surface area contributed by atoms with Crippen molar-refractivity contribution in [2.24, 2.45) is 4.99 Å². The van der Waals surface area contributed by atoms with Crippen molar-refractivity contribution >= 4 is 35.8 Å². The van der Waals surface area contributed by atoms with Gasteiger partial charge in [0.15, 0.2) is 5.96 Å². The molecule has 0 aliphatic carbocycles. The van der Waals surface area contributed by atoms with Gasteiger partial charge in [-0.05, 0) is 19.1 Å². The van der Waals surface area contributed by atoms with Crippen molar-refractivity contribution in [3.63, 3.8) is 0 Å². The lowest BCUT2D eigenvalue weighted by atomic mass is 10.1. The third kappa shape index (κ3) is 7.94. The van der Waals surface area contributed by atoms with Crippen molar-refractivity contribution in [3.8, 4) is 5.75 Å². The first-order valence-electron chi connectivity index (χ1n) is 8.68. The standard InChI is InChI=1S/C18H28N4O2.HI/c1-3-19-18(21-12-11-20-15(2)23)22-13-9-17(10-14-22)24-16-7-5-4-6-8-16;/h4-8,17H,3,9-14H2,1-2H3,(H,19,21)(H,20,23);1H. The average molecular weight is 460 g/mol. The molecule has 0 aromatic heterocycles. The van der Waals surface area contributed by atoms with Crippen molar-refractivity contribution in [2.75, 3.05) is 32.7 Å². The highest BCUT2D eigenvalue weighted by Gasteiger charge is 2.22. The van der Waals surface area contributed by atoms with E-state index in [2.05, 4.69) is 27.4 Å². The predicted molar refractivity (Wildman–Crippen MR) is 112 cm³/mol. The summed E-state index contributed by atoms with van der Waals surface area (Å²) in [5, 5.41) is 6.10. The van der Waals surface area contributed by atoms with Crippen LogP contribution in [0.2, 0.25) is 0 Å². The zero-order valence-corrected chi connectivity index (χ0v) is 17.4. The largest absolute Gasteiger partial charge is 0.490 e. The number of carbonyl (C=O) groups excluding carboxylic acids is 1. The normalized spacial score (nSPS) is 15.3. The Morgan fingerprint density at radius 2 is 1.92 bits per heavy atom. The van der Waals surface area contributed by atoms with Gasteiger partial charge < -0.3 is 20.3 Å². The van der Waals surface area contributed by atoms with E-state index in [0.717, 1.165) is 44.2 Å². The van der Waals surface area contributed by atoms with Gasteiger partial charge in [0.05, 0.1) is 6.54 Å². The molecule has 0 bridgehead atoms. The van der Waals surface area contributed by atoms with Crippen molar-refractivity contribution < 1.29 is 9.53 Å². The molecule has 0 spiro atoms. The third-order valence-corrected chi connectivity index (χ3v) is 3.87. The Morgan fingerprint density at radius 1 is 1.24 bits per heavy atom. The summed E-state index contributed by atoms with van der Waals surface area (Å²) in [5.74, 6) is 1.84. The molecule has 2 rings (SSSR count). The maximum atomic E-state index is 10.9. The van der Waals surface area contributed by atoms with Crippen molar-refractivity contribution in [3.05, 3.63) is 30.3 Å². The van der Waals surface area contributed by atoms with Crippen LogP contribution in [0.3, 0.4) is 0 Å². The van der Waals surface area contributed by atoms with Gasteiger partial charge in [-0.1, -0.05) is 18.2 Å². The number of piperidine rings is 1. The highest BCUT2D eigenvalue weighted by molar-refractivity contribution is 14.0. The lowest BCUT2D eigenvalue weighted by molar-refractivity contribution is -0.118. The number of benzene rings is 1. The number of nitrogens with zero attached hydrogens (tertiary/aromatic N) is 2. The van der Waals surface area contributed by atoms with E-state index in [-0.39, 0.29) is 36.0 Å². The highest BCUT2D eigenvalue weighted by Crippen LogP contribution is 2.18. The van der Waals surface area contributed by atoms with E-state index in [1.807, 2.05) is 30.3 Å². The lowest BCUT2D eigenvalue weighted by Gasteiger charge is -2.34. The fraction of sp³-hybridized carbons (Fsp3) is 0.556. The van der Waals surface area contributed by atoms with Crippen LogP contribution in [0.25, 0.3) is 0 Å². The second kappa shape index (κ2) is 11.9. The van der Waals surface area contributed by atoms with Crippen LogP contribution in [0, 0.1) is 0 Å². The number of guanidine groups is 1. The van der Waals surface area contributed by atoms with E-state index < -0.39 is 0 Å². The number of ether oxygens (including phenoxy) is 1. The summed E-state index contributed by atoms with van der Waals surface area (Å²) in [6.45, 7) is 7.41. The summed E-state index contributed by atoms with van der Waals surface area (Å²) in [4.78, 5) is 17.8. The molecule has 2 N–H and O–H groups in total. The Kier molecular flexibility index (Phi) is 10.3. The minimum atomic E-state index is -0.0194. The molecule has 1 aliphatic heterocycles. The maximum absolute atomic E-state index is 10.9. The van der Waals surface area contributed by atoms with Gasteiger partial charge >= 0.3 is 0 Å². The Balaban J connectivity index is 0.00000312. The van der Waals surface area contributed by atoms with Gasteiger partial charge in [0.2, 0.25) is 5.91 Å². The first kappa shape index (κ1) is 21.5. The molecule has 0 radical (unpaired) electrons. The molecule has 140 valence electrons. The van der Waals surface area contributed by atoms with E-state index in [1.54, 1.807) is 0 Å². The molecule has 1 aromatic carbocycles. The molecule has 25 heavy (non-hydrogen) atoms. The molecule has 1 fully saturated rings. The molecular formula is C18H29IN4O2. The Hall–Kier alpha value is -1.51. The maximum Gasteiger partial charge on any atom is 0.216 e. The summed E-state index contributed by atoms with van der Waals surface area (Å²) in [5.41, 5.74) is 0. The fourth-order valence-corrected chi connectivity index (χ4v) is 2.70. The number of para-hydroxylation sites is 1. The minimum absolute atomic E-state index is 0. The molecule has 0 unspecified atom stereocenters. The monoisotopic (exact) mass is 460 g/mol. The zero-order valence-electron chi connectivity index (χ0n) is 15.0. The van der Waals surface area contributed by atoms with Crippen LogP contribution < -0.4 is 15.4 Å². The van der Waals surface area contributed by atoms with Gasteiger partial charge in [0.1, 0.15) is 11.9 Å². The number of likely N-dealkylation sites (tertiary alicyclic amines) is 1. The first-order chi connectivity index (χ1) is 11.7. The molecule has 0 atom stereocenters. The molecule has 7 heteroatoms. The number of rotatable bonds is 6. The van der Waals surface area contributed by atoms with E-state index in [0.29, 0.717) is 13.1 Å². The van der Waals surface area contributed by atoms with Gasteiger partial charge in [-0.3, -0.25) is 9.79 Å². The topological polar surface area (TPSA) is 66.0 Å². The Labute approximate surface area is 167 Å². The number of nitrogens with one attached hydrogen (secondary N) is 2. The number of carbonyl (C=O) groups is 1. The molecular weight excluding hydrogens is 431 g/mol. The fourth-order valence-electron chi connectivity index (χ4n) is 2.70. The Morgan fingerprint density at radius 3 is 2.52 bits per heavy atom. The van der Waals surface area contributed by atoms with Crippen LogP contribution in [-0.4, -0.2) is 55.6 Å². The van der Waals surface area contributed by atoms with Crippen molar-refractivity contribution in [1.29, 1.82) is 0 Å². The van der Waals surface area contributed by atoms with E-state index in [9.17, 15) is 4.79 Å². The van der Waals surface area contributed by atoms with E-state index >= 15 is 0 Å². The quantitative estimate of drug-likeness (QED) is 0.296. The van der Waals surface area contributed by atoms with Crippen molar-refractivity contribution in [1.82, 2.24) is 15.5 Å². The molecule has 1 saturated heterocycles. The molecule has 1 amide bonds.